The Balaban J connectivity index is -0.0000000271. The topological polar surface area (TPSA) is 0 Å². The van der Waals surface area contributed by atoms with Crippen LogP contribution in [-0.4, -0.2) is 0 Å². The first-order valence-corrected chi connectivity index (χ1v) is 12.7. The van der Waals surface area contributed by atoms with Crippen molar-refractivity contribution in [3.05, 3.63) is 80.2 Å². The van der Waals surface area contributed by atoms with E-state index in [0.717, 1.165) is 0 Å². The first kappa shape index (κ1) is 50.6. The molecule has 0 bridgehead atoms. The van der Waals surface area contributed by atoms with Crippen molar-refractivity contribution < 1.29 is 47.1 Å². The molecule has 0 saturated heterocycles. The summed E-state index contributed by atoms with van der Waals surface area (Å²) in [7, 11) is 0. The van der Waals surface area contributed by atoms with Gasteiger partial charge in [-0.15, -0.1) is 0 Å². The standard InChI is InChI=1S/2C6H6.C3H8.4C2H6.CH3At.CH3.Au/c2*1-2-4-6-5-3-1;1-3-2;5*1-2;;/h2*1-6H;3H2,1-2H3;4*1-2H3;1H3;1H3;/q;;;;;;;;-1;+1. The molecule has 0 fully saturated rings. The van der Waals surface area contributed by atoms with Gasteiger partial charge in [-0.25, -0.2) is 0 Å². The van der Waals surface area contributed by atoms with Crippen molar-refractivity contribution in [2.24, 2.45) is 0 Å². The fourth-order valence-electron chi connectivity index (χ4n) is 0.770. The summed E-state index contributed by atoms with van der Waals surface area (Å²) < 4.78 is 2.06. The minimum Gasteiger partial charge on any atom is -0.358 e. The molecular weight excluding hydrogens is 707 g/mol. The molecule has 2 rings (SSSR count). The molecule has 0 aromatic heterocycles. The number of rotatable bonds is 0. The predicted molar refractivity (Wildman–Crippen MR) is 127 cm³/mol. The molecule has 2 heteroatoms. The van der Waals surface area contributed by atoms with Gasteiger partial charge < -0.3 is 7.43 Å². The van der Waals surface area contributed by atoms with E-state index in [4.69, 9.17) is 0 Å². The van der Waals surface area contributed by atoms with E-state index < -0.39 is 0 Å². The molecule has 0 aliphatic rings. The zero-order chi connectivity index (χ0) is 21.2. The second-order valence-corrected chi connectivity index (χ2v) is 3.02. The Bertz CT molecular complexity index is 201. The molecule has 0 saturated carbocycles. The van der Waals surface area contributed by atoms with Gasteiger partial charge in [-0.3, -0.25) is 0 Å². The Kier molecular flexibility index (Phi) is 180. The van der Waals surface area contributed by atoms with Gasteiger partial charge in [0.05, 0.1) is 0 Å². The third-order valence-corrected chi connectivity index (χ3v) is 1.33. The maximum Gasteiger partial charge on any atom is 1.00 e. The Hall–Kier alpha value is 0.0634. The SMILES string of the molecule is CC.CC.CC.CC.CCC.C[At].[Au+].[CH3-].c1ccccc1.c1ccccc1. The molecule has 0 unspecified atom stereocenters. The second kappa shape index (κ2) is 95.9. The fourth-order valence-corrected chi connectivity index (χ4v) is 0.770. The van der Waals surface area contributed by atoms with Gasteiger partial charge in [0.1, 0.15) is 0 Å². The Morgan fingerprint density at radius 3 is 0.481 bits per heavy atom. The molecule has 0 nitrogen and oxygen atoms in total. The van der Waals surface area contributed by atoms with Crippen LogP contribution < -0.4 is 0 Å². The summed E-state index contributed by atoms with van der Waals surface area (Å²) in [6, 6.07) is 24.0. The van der Waals surface area contributed by atoms with E-state index in [0.29, 0.717) is 0 Å². The van der Waals surface area contributed by atoms with Crippen molar-refractivity contribution in [3.63, 3.8) is 0 Å². The molecule has 27 heavy (non-hydrogen) atoms. The van der Waals surface area contributed by atoms with Crippen LogP contribution in [0.2, 0.25) is 4.63 Å². The normalized spacial score (nSPS) is 5.33. The van der Waals surface area contributed by atoms with Crippen LogP contribution in [0.4, 0.5) is 0 Å². The molecule has 2 aromatic carbocycles. The molecule has 0 aliphatic carbocycles. The maximum atomic E-state index is 2.12. The van der Waals surface area contributed by atoms with Crippen LogP contribution in [0.5, 0.6) is 0 Å². The minimum atomic E-state index is 0. The van der Waals surface area contributed by atoms with Crippen LogP contribution in [0.15, 0.2) is 72.8 Å². The van der Waals surface area contributed by atoms with Gasteiger partial charge in [0, 0.05) is 0 Å². The average Bonchev–Trinajstić information content (AvgIpc) is 2.79. The quantitative estimate of drug-likeness (QED) is 0.186. The van der Waals surface area contributed by atoms with Crippen molar-refractivity contribution >= 4 is 0 Å². The summed E-state index contributed by atoms with van der Waals surface area (Å²) in [5.74, 6) is 0. The van der Waals surface area contributed by atoms with Crippen LogP contribution in [0.3, 0.4) is 0 Å². The van der Waals surface area contributed by atoms with Crippen molar-refractivity contribution in [3.8, 4) is 0 Å². The van der Waals surface area contributed by atoms with E-state index in [1.807, 2.05) is 128 Å². The minimum absolute atomic E-state index is 0. The van der Waals surface area contributed by atoms with Crippen LogP contribution in [0.25, 0.3) is 0 Å². The molecule has 0 spiro atoms. The molecule has 2 aromatic rings. The number of benzene rings is 2. The number of hydrogen-bond donors (Lipinski definition) is 0. The summed E-state index contributed by atoms with van der Waals surface area (Å²) in [5.41, 5.74) is 0. The van der Waals surface area contributed by atoms with Gasteiger partial charge in [-0.2, -0.15) is 0 Å². The van der Waals surface area contributed by atoms with Gasteiger partial charge in [-0.05, 0) is 0 Å². The zero-order valence-electron chi connectivity index (χ0n) is 20.3. The van der Waals surface area contributed by atoms with Gasteiger partial charge in [-0.1, -0.05) is 148 Å². The second-order valence-electron chi connectivity index (χ2n) is 3.02. The van der Waals surface area contributed by atoms with Crippen LogP contribution >= 0.6 is 0 Å². The molecule has 0 N–H and O–H groups in total. The van der Waals surface area contributed by atoms with Gasteiger partial charge in [0.25, 0.3) is 0 Å². The monoisotopic (exact) mass is 757 g/mol. The average molecular weight is 758 g/mol. The first-order chi connectivity index (χ1) is 12.4. The van der Waals surface area contributed by atoms with E-state index in [2.05, 4.69) is 18.5 Å². The van der Waals surface area contributed by atoms with Crippen LogP contribution in [0.1, 0.15) is 75.7 Å². The van der Waals surface area contributed by atoms with Crippen LogP contribution in [0, 0.1) is 32.1 Å². The van der Waals surface area contributed by atoms with E-state index in [-0.39, 0.29) is 29.8 Å². The maximum absolute atomic E-state index is 2.12. The van der Waals surface area contributed by atoms with E-state index in [1.54, 1.807) is 24.7 Å². The third-order valence-electron chi connectivity index (χ3n) is 1.33. The van der Waals surface area contributed by atoms with E-state index in [9.17, 15) is 0 Å². The Morgan fingerprint density at radius 2 is 0.444 bits per heavy atom. The molecule has 168 valence electrons. The largest absolute Gasteiger partial charge is 1.00 e. The molecule has 0 amide bonds. The van der Waals surface area contributed by atoms with Gasteiger partial charge in [0.2, 0.25) is 0 Å². The predicted octanol–water partition coefficient (Wildman–Crippen LogP) is 9.93. The smallest absolute Gasteiger partial charge is 0.358 e. The Morgan fingerprint density at radius 1 is 0.407 bits per heavy atom. The van der Waals surface area contributed by atoms with Crippen LogP contribution in [-0.2, 0) is 22.4 Å². The summed E-state index contributed by atoms with van der Waals surface area (Å²) in [6.45, 7) is 20.2. The zero-order valence-corrected chi connectivity index (χ0v) is 25.4. The Labute approximate surface area is 206 Å². The summed E-state index contributed by atoms with van der Waals surface area (Å²) in [5, 5.41) is 0. The van der Waals surface area contributed by atoms with E-state index >= 15 is 0 Å². The molecule has 0 radical (unpaired) electrons. The van der Waals surface area contributed by atoms with Crippen molar-refractivity contribution in [1.29, 1.82) is 0 Å². The van der Waals surface area contributed by atoms with Crippen molar-refractivity contribution in [1.82, 2.24) is 0 Å². The summed E-state index contributed by atoms with van der Waals surface area (Å²) in [4.78, 5) is 0. The van der Waals surface area contributed by atoms with Crippen molar-refractivity contribution in [2.45, 2.75) is 80.3 Å². The summed E-state index contributed by atoms with van der Waals surface area (Å²) in [6.07, 6.45) is 1.25. The number of hydrogen-bond acceptors (Lipinski definition) is 0. The van der Waals surface area contributed by atoms with E-state index in [1.165, 1.54) is 6.42 Å². The van der Waals surface area contributed by atoms with Gasteiger partial charge in [0.15, 0.2) is 0 Å². The molecule has 0 atom stereocenters. The first-order valence-electron chi connectivity index (χ1n) is 9.79. The molecule has 0 heterocycles. The molecular formula is C25H50AtAu. The van der Waals surface area contributed by atoms with Crippen molar-refractivity contribution in [2.75, 3.05) is 0 Å². The third kappa shape index (κ3) is 104. The summed E-state index contributed by atoms with van der Waals surface area (Å²) >= 11 is 1.72. The fraction of sp³-hybridized carbons (Fsp3) is 0.480. The molecule has 0 aliphatic heterocycles. The van der Waals surface area contributed by atoms with Gasteiger partial charge >= 0.3 is 51.7 Å².